The second-order valence-corrected chi connectivity index (χ2v) is 10.4. The largest absolute Gasteiger partial charge is 0.369 e. The lowest BCUT2D eigenvalue weighted by Gasteiger charge is -2.36. The van der Waals surface area contributed by atoms with Crippen molar-refractivity contribution in [2.45, 2.75) is 19.4 Å². The summed E-state index contributed by atoms with van der Waals surface area (Å²) in [5, 5.41) is 7.57. The molecule has 38 heavy (non-hydrogen) atoms. The van der Waals surface area contributed by atoms with Crippen LogP contribution in [0.2, 0.25) is 0 Å². The SMILES string of the molecule is Fc1ccc(N2CCN(CCSN(Cc3ccc(C4=NN=C(C(F)F)C4)cc3)c3ccccc3)CC2)cc1. The van der Waals surface area contributed by atoms with E-state index in [0.29, 0.717) is 5.71 Å². The van der Waals surface area contributed by atoms with Gasteiger partial charge in [0, 0.05) is 56.3 Å². The Morgan fingerprint density at radius 1 is 0.842 bits per heavy atom. The van der Waals surface area contributed by atoms with E-state index in [1.807, 2.05) is 54.6 Å². The molecule has 0 saturated carbocycles. The quantitative estimate of drug-likeness (QED) is 0.292. The van der Waals surface area contributed by atoms with Crippen LogP contribution in [-0.2, 0) is 6.54 Å². The second kappa shape index (κ2) is 12.5. The van der Waals surface area contributed by atoms with Crippen LogP contribution in [0.15, 0.2) is 89.1 Å². The first-order valence-electron chi connectivity index (χ1n) is 12.7. The minimum absolute atomic E-state index is 0.0984. The van der Waals surface area contributed by atoms with Crippen molar-refractivity contribution in [3.05, 3.63) is 95.8 Å². The Morgan fingerprint density at radius 3 is 2.21 bits per heavy atom. The normalized spacial score (nSPS) is 16.1. The molecule has 0 N–H and O–H groups in total. The van der Waals surface area contributed by atoms with E-state index in [1.54, 1.807) is 11.9 Å². The van der Waals surface area contributed by atoms with Crippen molar-refractivity contribution >= 4 is 34.7 Å². The minimum Gasteiger partial charge on any atom is -0.369 e. The lowest BCUT2D eigenvalue weighted by molar-refractivity contribution is 0.224. The monoisotopic (exact) mass is 537 g/mol. The summed E-state index contributed by atoms with van der Waals surface area (Å²) in [7, 11) is 0. The number of nitrogens with zero attached hydrogens (tertiary/aromatic N) is 5. The molecule has 0 amide bonds. The molecule has 3 aromatic rings. The topological polar surface area (TPSA) is 34.4 Å². The maximum atomic E-state index is 13.2. The summed E-state index contributed by atoms with van der Waals surface area (Å²) in [6, 6.07) is 25.0. The van der Waals surface area contributed by atoms with E-state index in [1.165, 1.54) is 12.1 Å². The van der Waals surface area contributed by atoms with E-state index >= 15 is 0 Å². The highest BCUT2D eigenvalue weighted by Crippen LogP contribution is 2.26. The van der Waals surface area contributed by atoms with Crippen LogP contribution in [0.1, 0.15) is 17.5 Å². The number of hydrogen-bond acceptors (Lipinski definition) is 6. The van der Waals surface area contributed by atoms with Crippen LogP contribution in [0.25, 0.3) is 0 Å². The lowest BCUT2D eigenvalue weighted by Crippen LogP contribution is -2.47. The predicted molar refractivity (Wildman–Crippen MR) is 151 cm³/mol. The zero-order valence-corrected chi connectivity index (χ0v) is 21.8. The summed E-state index contributed by atoms with van der Waals surface area (Å²) in [5.41, 5.74) is 4.58. The van der Waals surface area contributed by atoms with Gasteiger partial charge in [0.25, 0.3) is 6.43 Å². The Morgan fingerprint density at radius 2 is 1.55 bits per heavy atom. The number of alkyl halides is 2. The summed E-state index contributed by atoms with van der Waals surface area (Å²) < 4.78 is 41.3. The third kappa shape index (κ3) is 6.76. The first kappa shape index (κ1) is 26.3. The summed E-state index contributed by atoms with van der Waals surface area (Å²) >= 11 is 1.81. The van der Waals surface area contributed by atoms with Crippen LogP contribution in [-0.4, -0.2) is 61.2 Å². The summed E-state index contributed by atoms with van der Waals surface area (Å²) in [5.74, 6) is 0.748. The maximum Gasteiger partial charge on any atom is 0.278 e. The van der Waals surface area contributed by atoms with Crippen molar-refractivity contribution in [2.24, 2.45) is 10.2 Å². The first-order chi connectivity index (χ1) is 18.5. The van der Waals surface area contributed by atoms with Crippen LogP contribution >= 0.6 is 11.9 Å². The van der Waals surface area contributed by atoms with Crippen molar-refractivity contribution in [3.8, 4) is 0 Å². The summed E-state index contributed by atoms with van der Waals surface area (Å²) in [6.45, 7) is 5.52. The van der Waals surface area contributed by atoms with Gasteiger partial charge in [0.05, 0.1) is 12.3 Å². The van der Waals surface area contributed by atoms with Gasteiger partial charge in [0.1, 0.15) is 11.5 Å². The van der Waals surface area contributed by atoms with Crippen LogP contribution in [0.3, 0.4) is 0 Å². The predicted octanol–water partition coefficient (Wildman–Crippen LogP) is 6.12. The van der Waals surface area contributed by atoms with Gasteiger partial charge in [-0.25, -0.2) is 13.2 Å². The van der Waals surface area contributed by atoms with Crippen LogP contribution in [0, 0.1) is 5.82 Å². The van der Waals surface area contributed by atoms with Crippen molar-refractivity contribution in [1.29, 1.82) is 0 Å². The highest BCUT2D eigenvalue weighted by atomic mass is 32.2. The molecule has 2 aliphatic heterocycles. The molecule has 5 rings (SSSR count). The lowest BCUT2D eigenvalue weighted by atomic mass is 10.0. The molecule has 1 saturated heterocycles. The van der Waals surface area contributed by atoms with Crippen LogP contribution in [0.4, 0.5) is 24.5 Å². The molecule has 0 spiro atoms. The molecule has 2 heterocycles. The van der Waals surface area contributed by atoms with Crippen LogP contribution in [0.5, 0.6) is 0 Å². The third-order valence-corrected chi connectivity index (χ3v) is 7.79. The van der Waals surface area contributed by atoms with Gasteiger partial charge in [0.15, 0.2) is 0 Å². The molecule has 0 unspecified atom stereocenters. The van der Waals surface area contributed by atoms with E-state index in [9.17, 15) is 13.2 Å². The number of rotatable bonds is 10. The molecule has 0 atom stereocenters. The maximum absolute atomic E-state index is 13.2. The molecule has 9 heteroatoms. The number of para-hydroxylation sites is 1. The van der Waals surface area contributed by atoms with Gasteiger partial charge in [-0.2, -0.15) is 10.2 Å². The van der Waals surface area contributed by atoms with Crippen molar-refractivity contribution in [2.75, 3.05) is 47.7 Å². The number of halogens is 3. The molecule has 0 aliphatic carbocycles. The Hall–Kier alpha value is -3.30. The van der Waals surface area contributed by atoms with Crippen molar-refractivity contribution < 1.29 is 13.2 Å². The molecule has 3 aromatic carbocycles. The Labute approximate surface area is 225 Å². The zero-order chi connectivity index (χ0) is 26.3. The molecule has 0 radical (unpaired) electrons. The van der Waals surface area contributed by atoms with E-state index in [4.69, 9.17) is 0 Å². The number of benzene rings is 3. The van der Waals surface area contributed by atoms with Crippen molar-refractivity contribution in [3.63, 3.8) is 0 Å². The molecule has 0 aromatic heterocycles. The number of anilines is 2. The van der Waals surface area contributed by atoms with Crippen molar-refractivity contribution in [1.82, 2.24) is 4.90 Å². The Balaban J connectivity index is 1.14. The summed E-state index contributed by atoms with van der Waals surface area (Å²) in [6.07, 6.45) is -2.47. The molecule has 5 nitrogen and oxygen atoms in total. The van der Waals surface area contributed by atoms with E-state index in [-0.39, 0.29) is 17.9 Å². The first-order valence-corrected chi connectivity index (χ1v) is 13.7. The molecular weight excluding hydrogens is 507 g/mol. The van der Waals surface area contributed by atoms with Gasteiger partial charge in [-0.15, -0.1) is 0 Å². The van der Waals surface area contributed by atoms with Gasteiger partial charge in [-0.05, 0) is 59.5 Å². The highest BCUT2D eigenvalue weighted by molar-refractivity contribution is 8.00. The van der Waals surface area contributed by atoms with E-state index < -0.39 is 6.43 Å². The second-order valence-electron chi connectivity index (χ2n) is 9.32. The smallest absolute Gasteiger partial charge is 0.278 e. The Kier molecular flexibility index (Phi) is 8.65. The minimum atomic E-state index is -2.56. The molecule has 0 bridgehead atoms. The fourth-order valence-electron chi connectivity index (χ4n) is 4.58. The molecule has 198 valence electrons. The fourth-order valence-corrected chi connectivity index (χ4v) is 5.65. The highest BCUT2D eigenvalue weighted by Gasteiger charge is 2.22. The molecule has 2 aliphatic rings. The van der Waals surface area contributed by atoms with E-state index in [0.717, 1.165) is 67.5 Å². The third-order valence-electron chi connectivity index (χ3n) is 6.78. The van der Waals surface area contributed by atoms with Gasteiger partial charge in [0.2, 0.25) is 0 Å². The summed E-state index contributed by atoms with van der Waals surface area (Å²) in [4.78, 5) is 4.78. The van der Waals surface area contributed by atoms with Gasteiger partial charge in [-0.1, -0.05) is 42.5 Å². The average Bonchev–Trinajstić information content (AvgIpc) is 3.45. The average molecular weight is 538 g/mol. The fraction of sp³-hybridized carbons (Fsp3) is 0.310. The number of piperazine rings is 1. The molecule has 1 fully saturated rings. The Bertz CT molecular complexity index is 1240. The molecular formula is C29H30F3N5S. The van der Waals surface area contributed by atoms with Gasteiger partial charge in [-0.3, -0.25) is 4.90 Å². The van der Waals surface area contributed by atoms with Crippen LogP contribution < -0.4 is 9.21 Å². The van der Waals surface area contributed by atoms with Gasteiger partial charge < -0.3 is 9.21 Å². The number of hydrogen-bond donors (Lipinski definition) is 0. The van der Waals surface area contributed by atoms with Gasteiger partial charge >= 0.3 is 0 Å². The standard InChI is InChI=1S/C29H30F3N5S/c30-24-10-12-25(13-11-24)36-16-14-35(15-17-36)18-19-38-37(26-4-2-1-3-5-26)21-22-6-8-23(9-7-22)27-20-28(29(31)32)34-33-27/h1-13,29H,14-21H2. The van der Waals surface area contributed by atoms with E-state index in [2.05, 4.69) is 36.4 Å². The zero-order valence-electron chi connectivity index (χ0n) is 21.0.